The molecule has 0 spiro atoms. The fraction of sp³-hybridized carbons (Fsp3) is 0. The average molecular weight is 303 g/mol. The molecule has 5 rings (SSSR count). The first-order valence-corrected chi connectivity index (χ1v) is 7.61. The van der Waals surface area contributed by atoms with Crippen LogP contribution in [0, 0.1) is 0 Å². The highest BCUT2D eigenvalue weighted by molar-refractivity contribution is 6.31. The highest BCUT2D eigenvalue weighted by atomic mass is 35.5. The Bertz CT molecular complexity index is 1180. The molecule has 1 aromatic heterocycles. The van der Waals surface area contributed by atoms with Crippen LogP contribution in [0.4, 0.5) is 0 Å². The van der Waals surface area contributed by atoms with Crippen molar-refractivity contribution in [3.63, 3.8) is 0 Å². The molecule has 0 radical (unpaired) electrons. The van der Waals surface area contributed by atoms with Crippen molar-refractivity contribution in [3.8, 4) is 0 Å². The predicted octanol–water partition coefficient (Wildman–Crippen LogP) is 6.55. The highest BCUT2D eigenvalue weighted by Gasteiger charge is 2.11. The fourth-order valence-corrected chi connectivity index (χ4v) is 3.48. The maximum Gasteiger partial charge on any atom is 0.143 e. The monoisotopic (exact) mass is 302 g/mol. The molecule has 0 aliphatic heterocycles. The molecular formula is C20H11ClO. The van der Waals surface area contributed by atoms with E-state index >= 15 is 0 Å². The van der Waals surface area contributed by atoms with E-state index in [0.29, 0.717) is 0 Å². The molecule has 0 saturated heterocycles. The molecule has 0 N–H and O–H groups in total. The number of fused-ring (bicyclic) bond motifs is 7. The first kappa shape index (κ1) is 12.1. The van der Waals surface area contributed by atoms with E-state index in [1.54, 1.807) is 0 Å². The second kappa shape index (κ2) is 4.25. The summed E-state index contributed by atoms with van der Waals surface area (Å²) in [6.45, 7) is 0. The maximum absolute atomic E-state index is 6.11. The lowest BCUT2D eigenvalue weighted by molar-refractivity contribution is 0.672. The largest absolute Gasteiger partial charge is 0.455 e. The third-order valence-electron chi connectivity index (χ3n) is 4.32. The lowest BCUT2D eigenvalue weighted by Gasteiger charge is -2.05. The van der Waals surface area contributed by atoms with Crippen LogP contribution in [0.3, 0.4) is 0 Å². The van der Waals surface area contributed by atoms with E-state index in [2.05, 4.69) is 36.4 Å². The Hall–Kier alpha value is -2.51. The van der Waals surface area contributed by atoms with Crippen LogP contribution in [-0.4, -0.2) is 0 Å². The van der Waals surface area contributed by atoms with Crippen LogP contribution in [-0.2, 0) is 0 Å². The number of furan rings is 1. The smallest absolute Gasteiger partial charge is 0.143 e. The van der Waals surface area contributed by atoms with E-state index in [-0.39, 0.29) is 0 Å². The minimum absolute atomic E-state index is 0.761. The minimum Gasteiger partial charge on any atom is -0.455 e. The molecule has 22 heavy (non-hydrogen) atoms. The van der Waals surface area contributed by atoms with Gasteiger partial charge in [0.05, 0.1) is 0 Å². The number of rotatable bonds is 0. The van der Waals surface area contributed by atoms with Gasteiger partial charge in [-0.05, 0) is 46.5 Å². The average Bonchev–Trinajstić information content (AvgIpc) is 2.93. The number of benzene rings is 4. The second-order valence-electron chi connectivity index (χ2n) is 5.57. The summed E-state index contributed by atoms with van der Waals surface area (Å²) in [5.41, 5.74) is 1.89. The van der Waals surface area contributed by atoms with Crippen molar-refractivity contribution >= 4 is 55.1 Å². The van der Waals surface area contributed by atoms with Crippen molar-refractivity contribution in [2.75, 3.05) is 0 Å². The minimum atomic E-state index is 0.761. The van der Waals surface area contributed by atoms with Crippen LogP contribution >= 0.6 is 11.6 Å². The van der Waals surface area contributed by atoms with Crippen molar-refractivity contribution < 1.29 is 4.42 Å². The molecular weight excluding hydrogens is 292 g/mol. The van der Waals surface area contributed by atoms with Crippen molar-refractivity contribution in [2.24, 2.45) is 0 Å². The van der Waals surface area contributed by atoms with Crippen LogP contribution in [0.2, 0.25) is 5.02 Å². The van der Waals surface area contributed by atoms with Crippen LogP contribution in [0.25, 0.3) is 43.5 Å². The molecule has 0 bridgehead atoms. The summed E-state index contributed by atoms with van der Waals surface area (Å²) in [6.07, 6.45) is 0. The van der Waals surface area contributed by atoms with Gasteiger partial charge in [0.2, 0.25) is 0 Å². The number of hydrogen-bond acceptors (Lipinski definition) is 1. The zero-order valence-electron chi connectivity index (χ0n) is 11.6. The zero-order valence-corrected chi connectivity index (χ0v) is 12.4. The summed E-state index contributed by atoms with van der Waals surface area (Å²) < 4.78 is 6.11. The third kappa shape index (κ3) is 1.54. The molecule has 0 saturated carbocycles. The van der Waals surface area contributed by atoms with Gasteiger partial charge in [0.1, 0.15) is 11.2 Å². The van der Waals surface area contributed by atoms with Crippen LogP contribution in [0.5, 0.6) is 0 Å². The number of para-hydroxylation sites is 1. The lowest BCUT2D eigenvalue weighted by Crippen LogP contribution is -1.78. The van der Waals surface area contributed by atoms with E-state index in [4.69, 9.17) is 16.0 Å². The molecule has 0 fully saturated rings. The van der Waals surface area contributed by atoms with E-state index < -0.39 is 0 Å². The third-order valence-corrected chi connectivity index (χ3v) is 4.55. The summed E-state index contributed by atoms with van der Waals surface area (Å²) in [5, 5.41) is 7.77. The van der Waals surface area contributed by atoms with Crippen molar-refractivity contribution in [1.29, 1.82) is 0 Å². The van der Waals surface area contributed by atoms with Gasteiger partial charge in [0, 0.05) is 21.2 Å². The Morgan fingerprint density at radius 1 is 0.636 bits per heavy atom. The topological polar surface area (TPSA) is 13.1 Å². The number of halogens is 1. The first-order chi connectivity index (χ1) is 10.8. The molecule has 0 unspecified atom stereocenters. The Morgan fingerprint density at radius 2 is 1.36 bits per heavy atom. The zero-order chi connectivity index (χ0) is 14.7. The van der Waals surface area contributed by atoms with Gasteiger partial charge in [0.25, 0.3) is 0 Å². The van der Waals surface area contributed by atoms with E-state index in [1.807, 2.05) is 30.3 Å². The van der Waals surface area contributed by atoms with Crippen LogP contribution < -0.4 is 0 Å². The first-order valence-electron chi connectivity index (χ1n) is 7.23. The van der Waals surface area contributed by atoms with Crippen molar-refractivity contribution in [3.05, 3.63) is 71.8 Å². The summed E-state index contributed by atoms with van der Waals surface area (Å²) in [4.78, 5) is 0. The molecule has 0 amide bonds. The molecule has 5 aromatic rings. The van der Waals surface area contributed by atoms with Gasteiger partial charge in [0.15, 0.2) is 0 Å². The molecule has 0 atom stereocenters. The summed E-state index contributed by atoms with van der Waals surface area (Å²) in [6, 6.07) is 22.7. The van der Waals surface area contributed by atoms with Gasteiger partial charge in [-0.2, -0.15) is 0 Å². The molecule has 0 aliphatic carbocycles. The molecule has 4 aromatic carbocycles. The summed E-state index contributed by atoms with van der Waals surface area (Å²) in [5.74, 6) is 0. The van der Waals surface area contributed by atoms with Gasteiger partial charge in [-0.15, -0.1) is 0 Å². The van der Waals surface area contributed by atoms with Crippen molar-refractivity contribution in [1.82, 2.24) is 0 Å². The quantitative estimate of drug-likeness (QED) is 0.296. The Labute approximate surface area is 131 Å². The summed E-state index contributed by atoms with van der Waals surface area (Å²) >= 11 is 6.10. The Balaban J connectivity index is 2.02. The fourth-order valence-electron chi connectivity index (χ4n) is 3.30. The molecule has 104 valence electrons. The Kier molecular flexibility index (Phi) is 2.33. The van der Waals surface area contributed by atoms with E-state index in [9.17, 15) is 0 Å². The van der Waals surface area contributed by atoms with Gasteiger partial charge < -0.3 is 4.42 Å². The maximum atomic E-state index is 6.11. The van der Waals surface area contributed by atoms with Gasteiger partial charge in [-0.25, -0.2) is 0 Å². The normalized spacial score (nSPS) is 11.9. The predicted molar refractivity (Wildman–Crippen MR) is 93.7 cm³/mol. The van der Waals surface area contributed by atoms with Gasteiger partial charge >= 0.3 is 0 Å². The van der Waals surface area contributed by atoms with Gasteiger partial charge in [-0.1, -0.05) is 48.0 Å². The SMILES string of the molecule is Clc1ccc2c(ccc3c2ccc2c4ccccc4oc23)c1. The molecule has 2 heteroatoms. The molecule has 0 aliphatic rings. The molecule has 1 heterocycles. The number of hydrogen-bond donors (Lipinski definition) is 0. The van der Waals surface area contributed by atoms with Crippen LogP contribution in [0.1, 0.15) is 0 Å². The Morgan fingerprint density at radius 3 is 2.32 bits per heavy atom. The summed E-state index contributed by atoms with van der Waals surface area (Å²) in [7, 11) is 0. The van der Waals surface area contributed by atoms with Crippen LogP contribution in [0.15, 0.2) is 71.1 Å². The highest BCUT2D eigenvalue weighted by Crippen LogP contribution is 2.36. The molecule has 1 nitrogen and oxygen atoms in total. The van der Waals surface area contributed by atoms with E-state index in [0.717, 1.165) is 37.7 Å². The van der Waals surface area contributed by atoms with E-state index in [1.165, 1.54) is 10.8 Å². The van der Waals surface area contributed by atoms with Crippen molar-refractivity contribution in [2.45, 2.75) is 0 Å². The van der Waals surface area contributed by atoms with Gasteiger partial charge in [-0.3, -0.25) is 0 Å². The second-order valence-corrected chi connectivity index (χ2v) is 6.00. The lowest BCUT2D eigenvalue weighted by atomic mass is 10.00. The standard InChI is InChI=1S/C20H11ClO/c21-13-6-8-14-12(11-13)5-7-17-15(14)9-10-18-16-3-1-2-4-19(16)22-20(17)18/h1-11H.